The van der Waals surface area contributed by atoms with Crippen LogP contribution in [0.2, 0.25) is 5.02 Å². The quantitative estimate of drug-likeness (QED) is 0.716. The van der Waals surface area contributed by atoms with Gasteiger partial charge in [-0.05, 0) is 48.4 Å². The lowest BCUT2D eigenvalue weighted by molar-refractivity contribution is -0.00000570. The summed E-state index contributed by atoms with van der Waals surface area (Å²) in [5.41, 5.74) is 3.27. The summed E-state index contributed by atoms with van der Waals surface area (Å²) in [4.78, 5) is 0. The van der Waals surface area contributed by atoms with Crippen molar-refractivity contribution in [1.82, 2.24) is 5.32 Å². The van der Waals surface area contributed by atoms with E-state index in [1.165, 1.54) is 5.56 Å². The smallest absolute Gasteiger partial charge is 0.134 e. The Balaban J connectivity index is 0.00000225. The van der Waals surface area contributed by atoms with Gasteiger partial charge in [-0.1, -0.05) is 35.9 Å². The Kier molecular flexibility index (Phi) is 6.94. The van der Waals surface area contributed by atoms with Crippen molar-refractivity contribution in [2.75, 3.05) is 7.11 Å². The zero-order valence-corrected chi connectivity index (χ0v) is 15.7. The summed E-state index contributed by atoms with van der Waals surface area (Å²) >= 11 is 6.18. The van der Waals surface area contributed by atoms with Gasteiger partial charge in [0.1, 0.15) is 17.3 Å². The molecule has 0 saturated heterocycles. The molecule has 0 bridgehead atoms. The zero-order chi connectivity index (χ0) is 16.9. The van der Waals surface area contributed by atoms with E-state index in [0.29, 0.717) is 6.54 Å². The maximum Gasteiger partial charge on any atom is 0.134 e. The van der Waals surface area contributed by atoms with Crippen LogP contribution in [0.5, 0.6) is 5.75 Å². The van der Waals surface area contributed by atoms with Crippen molar-refractivity contribution in [3.8, 4) is 17.1 Å². The molecule has 0 aliphatic rings. The molecule has 0 fully saturated rings. The molecule has 1 heterocycles. The number of furan rings is 1. The van der Waals surface area contributed by atoms with Gasteiger partial charge in [0, 0.05) is 17.1 Å². The highest BCUT2D eigenvalue weighted by Crippen LogP contribution is 2.29. The lowest BCUT2D eigenvalue weighted by Crippen LogP contribution is -3.00. The van der Waals surface area contributed by atoms with E-state index in [1.54, 1.807) is 7.11 Å². The van der Waals surface area contributed by atoms with Gasteiger partial charge in [0.15, 0.2) is 0 Å². The molecular weight excluding hydrogens is 357 g/mol. The van der Waals surface area contributed by atoms with E-state index in [1.807, 2.05) is 49.4 Å². The molecule has 25 heavy (non-hydrogen) atoms. The van der Waals surface area contributed by atoms with Gasteiger partial charge >= 0.3 is 0 Å². The molecule has 0 radical (unpaired) electrons. The second-order valence-electron chi connectivity index (χ2n) is 5.63. The Bertz CT molecular complexity index is 813. The van der Waals surface area contributed by atoms with Gasteiger partial charge in [-0.15, -0.1) is 0 Å². The number of hydrogen-bond acceptors (Lipinski definition) is 3. The third-order valence-corrected chi connectivity index (χ3v) is 4.39. The second-order valence-corrected chi connectivity index (χ2v) is 6.04. The SMILES string of the molecule is COc1ccc(CNCc2ccc(-c3cccc(Cl)c3C)o2)cc1.[Cl-]. The molecule has 0 spiro atoms. The average Bonchev–Trinajstić information content (AvgIpc) is 3.06. The normalized spacial score (nSPS) is 10.4. The van der Waals surface area contributed by atoms with Crippen molar-refractivity contribution in [3.63, 3.8) is 0 Å². The van der Waals surface area contributed by atoms with Gasteiger partial charge in [-0.3, -0.25) is 0 Å². The van der Waals surface area contributed by atoms with Crippen molar-refractivity contribution in [2.45, 2.75) is 20.0 Å². The van der Waals surface area contributed by atoms with Crippen LogP contribution in [-0.4, -0.2) is 7.11 Å². The van der Waals surface area contributed by atoms with Crippen LogP contribution < -0.4 is 22.5 Å². The maximum atomic E-state index is 6.18. The molecule has 0 saturated carbocycles. The van der Waals surface area contributed by atoms with Crippen molar-refractivity contribution in [1.29, 1.82) is 0 Å². The van der Waals surface area contributed by atoms with Gasteiger partial charge in [-0.2, -0.15) is 0 Å². The predicted octanol–water partition coefficient (Wildman–Crippen LogP) is 2.21. The summed E-state index contributed by atoms with van der Waals surface area (Å²) in [5.74, 6) is 2.61. The highest BCUT2D eigenvalue weighted by Gasteiger charge is 2.09. The first-order valence-corrected chi connectivity index (χ1v) is 8.23. The zero-order valence-electron chi connectivity index (χ0n) is 14.2. The Morgan fingerprint density at radius 1 is 1.00 bits per heavy atom. The van der Waals surface area contributed by atoms with E-state index in [4.69, 9.17) is 20.8 Å². The predicted molar refractivity (Wildman–Crippen MR) is 97.4 cm³/mol. The molecule has 3 aromatic rings. The second kappa shape index (κ2) is 8.95. The molecule has 132 valence electrons. The minimum absolute atomic E-state index is 0. The lowest BCUT2D eigenvalue weighted by Gasteiger charge is -2.06. The first kappa shape index (κ1) is 19.4. The number of ether oxygens (including phenoxy) is 1. The van der Waals surface area contributed by atoms with Crippen LogP contribution in [0, 0.1) is 6.92 Å². The molecule has 3 nitrogen and oxygen atoms in total. The third-order valence-electron chi connectivity index (χ3n) is 3.98. The number of nitrogens with one attached hydrogen (secondary N) is 1. The van der Waals surface area contributed by atoms with Gasteiger partial charge < -0.3 is 26.9 Å². The summed E-state index contributed by atoms with van der Waals surface area (Å²) < 4.78 is 11.1. The van der Waals surface area contributed by atoms with Crippen molar-refractivity contribution in [2.24, 2.45) is 0 Å². The third kappa shape index (κ3) is 4.79. The number of benzene rings is 2. The molecule has 1 N–H and O–H groups in total. The first-order chi connectivity index (χ1) is 11.7. The van der Waals surface area contributed by atoms with Crippen LogP contribution >= 0.6 is 11.6 Å². The van der Waals surface area contributed by atoms with Crippen LogP contribution in [0.25, 0.3) is 11.3 Å². The van der Waals surface area contributed by atoms with Crippen LogP contribution in [0.4, 0.5) is 0 Å². The number of hydrogen-bond donors (Lipinski definition) is 1. The largest absolute Gasteiger partial charge is 1.00 e. The Morgan fingerprint density at radius 2 is 1.76 bits per heavy atom. The first-order valence-electron chi connectivity index (χ1n) is 7.85. The van der Waals surface area contributed by atoms with Crippen LogP contribution in [0.3, 0.4) is 0 Å². The lowest BCUT2D eigenvalue weighted by atomic mass is 10.1. The van der Waals surface area contributed by atoms with E-state index in [-0.39, 0.29) is 12.4 Å². The summed E-state index contributed by atoms with van der Waals surface area (Å²) in [5, 5.41) is 4.14. The van der Waals surface area contributed by atoms with E-state index in [2.05, 4.69) is 17.4 Å². The highest BCUT2D eigenvalue weighted by molar-refractivity contribution is 6.31. The Labute approximate surface area is 159 Å². The maximum absolute atomic E-state index is 6.18. The summed E-state index contributed by atoms with van der Waals surface area (Å²) in [6.07, 6.45) is 0. The van der Waals surface area contributed by atoms with Gasteiger partial charge in [0.2, 0.25) is 0 Å². The van der Waals surface area contributed by atoms with E-state index < -0.39 is 0 Å². The summed E-state index contributed by atoms with van der Waals surface area (Å²) in [7, 11) is 1.67. The fraction of sp³-hybridized carbons (Fsp3) is 0.200. The molecule has 0 atom stereocenters. The minimum Gasteiger partial charge on any atom is -1.00 e. The van der Waals surface area contributed by atoms with Crippen LogP contribution in [0.1, 0.15) is 16.9 Å². The minimum atomic E-state index is 0. The van der Waals surface area contributed by atoms with Crippen LogP contribution in [-0.2, 0) is 13.1 Å². The number of halogens is 2. The monoisotopic (exact) mass is 376 g/mol. The fourth-order valence-corrected chi connectivity index (χ4v) is 2.74. The molecule has 0 aliphatic heterocycles. The Hall–Kier alpha value is -1.94. The van der Waals surface area contributed by atoms with Crippen LogP contribution in [0.15, 0.2) is 59.0 Å². The standard InChI is InChI=1S/C20H20ClNO2.ClH/c1-14-18(4-3-5-19(14)21)20-11-10-17(24-20)13-22-12-15-6-8-16(23-2)9-7-15;/h3-11,22H,12-13H2,1-2H3;1H/p-1. The molecule has 5 heteroatoms. The summed E-state index contributed by atoms with van der Waals surface area (Å²) in [6.45, 7) is 3.45. The average molecular weight is 377 g/mol. The highest BCUT2D eigenvalue weighted by atomic mass is 35.5. The van der Waals surface area contributed by atoms with E-state index in [0.717, 1.165) is 40.0 Å². The van der Waals surface area contributed by atoms with Crippen molar-refractivity contribution >= 4 is 11.6 Å². The molecule has 0 amide bonds. The number of methoxy groups -OCH3 is 1. The van der Waals surface area contributed by atoms with Gasteiger partial charge in [0.05, 0.1) is 13.7 Å². The van der Waals surface area contributed by atoms with Gasteiger partial charge in [-0.25, -0.2) is 0 Å². The summed E-state index contributed by atoms with van der Waals surface area (Å²) in [6, 6.07) is 17.9. The van der Waals surface area contributed by atoms with E-state index in [9.17, 15) is 0 Å². The Morgan fingerprint density at radius 3 is 2.48 bits per heavy atom. The molecule has 2 aromatic carbocycles. The van der Waals surface area contributed by atoms with Crippen molar-refractivity contribution < 1.29 is 21.6 Å². The molecule has 0 aliphatic carbocycles. The van der Waals surface area contributed by atoms with E-state index >= 15 is 0 Å². The van der Waals surface area contributed by atoms with Gasteiger partial charge in [0.25, 0.3) is 0 Å². The number of rotatable bonds is 6. The fourth-order valence-electron chi connectivity index (χ4n) is 2.57. The molecule has 1 aromatic heterocycles. The molecule has 0 unspecified atom stereocenters. The molecule has 3 rings (SSSR count). The topological polar surface area (TPSA) is 34.4 Å². The van der Waals surface area contributed by atoms with Crippen molar-refractivity contribution in [3.05, 3.63) is 76.5 Å². The molecular formula is C20H20Cl2NO2-.